The Morgan fingerprint density at radius 1 is 1.47 bits per heavy atom. The molecule has 86 valence electrons. The van der Waals surface area contributed by atoms with Crippen molar-refractivity contribution in [2.24, 2.45) is 0 Å². The molecule has 0 saturated heterocycles. The zero-order valence-electron chi connectivity index (χ0n) is 9.40. The summed E-state index contributed by atoms with van der Waals surface area (Å²) in [6, 6.07) is 0. The van der Waals surface area contributed by atoms with Gasteiger partial charge in [0.1, 0.15) is 0 Å². The highest BCUT2D eigenvalue weighted by molar-refractivity contribution is 7.07. The fourth-order valence-electron chi connectivity index (χ4n) is 1.03. The lowest BCUT2D eigenvalue weighted by Crippen LogP contribution is -2.23. The van der Waals surface area contributed by atoms with E-state index in [4.69, 9.17) is 4.74 Å². The molecule has 0 radical (unpaired) electrons. The molecule has 4 nitrogen and oxygen atoms in total. The van der Waals surface area contributed by atoms with Crippen molar-refractivity contribution in [3.8, 4) is 0 Å². The molecular formula is C10H19N3OS. The topological polar surface area (TPSA) is 37.4 Å². The van der Waals surface area contributed by atoms with Crippen LogP contribution in [0.5, 0.6) is 0 Å². The SMILES string of the molecule is CN(C)CCOCCNCc1cscn1. The summed E-state index contributed by atoms with van der Waals surface area (Å²) in [5.41, 5.74) is 2.96. The van der Waals surface area contributed by atoms with Crippen molar-refractivity contribution in [1.29, 1.82) is 0 Å². The van der Waals surface area contributed by atoms with Crippen molar-refractivity contribution < 1.29 is 4.74 Å². The van der Waals surface area contributed by atoms with E-state index in [9.17, 15) is 0 Å². The molecular weight excluding hydrogens is 210 g/mol. The highest BCUT2D eigenvalue weighted by atomic mass is 32.1. The van der Waals surface area contributed by atoms with Crippen molar-refractivity contribution in [3.05, 3.63) is 16.6 Å². The van der Waals surface area contributed by atoms with Gasteiger partial charge in [-0.05, 0) is 14.1 Å². The zero-order chi connectivity index (χ0) is 10.9. The largest absolute Gasteiger partial charge is 0.379 e. The first kappa shape index (κ1) is 12.6. The van der Waals surface area contributed by atoms with Crippen LogP contribution in [0.3, 0.4) is 0 Å². The van der Waals surface area contributed by atoms with Crippen LogP contribution in [0.1, 0.15) is 5.69 Å². The van der Waals surface area contributed by atoms with Crippen LogP contribution in [0, 0.1) is 0 Å². The number of hydrogen-bond donors (Lipinski definition) is 1. The number of aromatic nitrogens is 1. The molecule has 15 heavy (non-hydrogen) atoms. The van der Waals surface area contributed by atoms with Crippen molar-refractivity contribution in [3.63, 3.8) is 0 Å². The lowest BCUT2D eigenvalue weighted by Gasteiger charge is -2.09. The van der Waals surface area contributed by atoms with E-state index in [2.05, 4.69) is 20.6 Å². The Kier molecular flexibility index (Phi) is 6.50. The molecule has 0 amide bonds. The lowest BCUT2D eigenvalue weighted by atomic mass is 10.5. The van der Waals surface area contributed by atoms with Crippen LogP contribution in [-0.4, -0.2) is 50.3 Å². The zero-order valence-corrected chi connectivity index (χ0v) is 10.2. The average molecular weight is 229 g/mol. The van der Waals surface area contributed by atoms with Crippen LogP contribution < -0.4 is 5.32 Å². The minimum absolute atomic E-state index is 0.762. The van der Waals surface area contributed by atoms with E-state index >= 15 is 0 Å². The second-order valence-electron chi connectivity index (χ2n) is 3.57. The molecule has 0 bridgehead atoms. The van der Waals surface area contributed by atoms with E-state index < -0.39 is 0 Å². The van der Waals surface area contributed by atoms with Gasteiger partial charge >= 0.3 is 0 Å². The number of thiazole rings is 1. The van der Waals surface area contributed by atoms with Gasteiger partial charge in [-0.25, -0.2) is 4.98 Å². The van der Waals surface area contributed by atoms with E-state index in [1.165, 1.54) is 0 Å². The first-order chi connectivity index (χ1) is 7.29. The first-order valence-electron chi connectivity index (χ1n) is 5.09. The quantitative estimate of drug-likeness (QED) is 0.669. The molecule has 0 aliphatic heterocycles. The van der Waals surface area contributed by atoms with Gasteiger partial charge in [0.05, 0.1) is 24.4 Å². The third-order valence-electron chi connectivity index (χ3n) is 1.90. The highest BCUT2D eigenvalue weighted by Gasteiger charge is 1.94. The molecule has 0 atom stereocenters. The molecule has 0 aliphatic carbocycles. The molecule has 5 heteroatoms. The Morgan fingerprint density at radius 3 is 3.00 bits per heavy atom. The number of hydrogen-bond acceptors (Lipinski definition) is 5. The molecule has 0 unspecified atom stereocenters. The van der Waals surface area contributed by atoms with Crippen LogP contribution in [-0.2, 0) is 11.3 Å². The normalized spacial score (nSPS) is 11.1. The minimum Gasteiger partial charge on any atom is -0.379 e. The predicted molar refractivity (Wildman–Crippen MR) is 63.2 cm³/mol. The summed E-state index contributed by atoms with van der Waals surface area (Å²) in [5.74, 6) is 0. The van der Waals surface area contributed by atoms with Gasteiger partial charge in [0, 0.05) is 25.0 Å². The summed E-state index contributed by atoms with van der Waals surface area (Å²) in [6.45, 7) is 4.25. The Labute approximate surface area is 95.3 Å². The lowest BCUT2D eigenvalue weighted by molar-refractivity contribution is 0.119. The molecule has 1 rings (SSSR count). The van der Waals surface area contributed by atoms with Crippen molar-refractivity contribution in [2.45, 2.75) is 6.54 Å². The summed E-state index contributed by atoms with van der Waals surface area (Å²) in [6.07, 6.45) is 0. The number of ether oxygens (including phenoxy) is 1. The maximum Gasteiger partial charge on any atom is 0.0795 e. The van der Waals surface area contributed by atoms with Gasteiger partial charge in [0.25, 0.3) is 0 Å². The first-order valence-corrected chi connectivity index (χ1v) is 6.03. The van der Waals surface area contributed by atoms with Crippen molar-refractivity contribution in [1.82, 2.24) is 15.2 Å². The molecule has 0 saturated carbocycles. The minimum atomic E-state index is 0.762. The third kappa shape index (κ3) is 6.57. The van der Waals surface area contributed by atoms with E-state index in [-0.39, 0.29) is 0 Å². The molecule has 1 heterocycles. The summed E-state index contributed by atoms with van der Waals surface area (Å²) in [5, 5.41) is 5.34. The molecule has 0 aromatic carbocycles. The van der Waals surface area contributed by atoms with E-state index in [0.29, 0.717) is 0 Å². The van der Waals surface area contributed by atoms with E-state index in [1.54, 1.807) is 11.3 Å². The van der Waals surface area contributed by atoms with Gasteiger partial charge < -0.3 is 15.0 Å². The summed E-state index contributed by atoms with van der Waals surface area (Å²) >= 11 is 1.63. The second kappa shape index (κ2) is 7.76. The molecule has 0 aliphatic rings. The van der Waals surface area contributed by atoms with Crippen LogP contribution in [0.4, 0.5) is 0 Å². The third-order valence-corrected chi connectivity index (χ3v) is 2.53. The Bertz CT molecular complexity index is 239. The van der Waals surface area contributed by atoms with Gasteiger partial charge in [-0.15, -0.1) is 11.3 Å². The predicted octanol–water partition coefficient (Wildman–Crippen LogP) is 0.811. The van der Waals surface area contributed by atoms with Gasteiger partial charge in [-0.3, -0.25) is 0 Å². The molecule has 1 N–H and O–H groups in total. The van der Waals surface area contributed by atoms with Gasteiger partial charge in [0.2, 0.25) is 0 Å². The fourth-order valence-corrected chi connectivity index (χ4v) is 1.59. The van der Waals surface area contributed by atoms with E-state index in [1.807, 2.05) is 19.6 Å². The standard InChI is InChI=1S/C10H19N3OS/c1-13(2)4-6-14-5-3-11-7-10-8-15-9-12-10/h8-9,11H,3-7H2,1-2H3. The number of likely N-dealkylation sites (N-methyl/N-ethyl adjacent to an activating group) is 1. The summed E-state index contributed by atoms with van der Waals surface area (Å²) < 4.78 is 5.44. The Morgan fingerprint density at radius 2 is 2.33 bits per heavy atom. The number of nitrogens with one attached hydrogen (secondary N) is 1. The number of nitrogens with zero attached hydrogens (tertiary/aromatic N) is 2. The van der Waals surface area contributed by atoms with E-state index in [0.717, 1.165) is 38.5 Å². The molecule has 0 fully saturated rings. The maximum absolute atomic E-state index is 5.44. The highest BCUT2D eigenvalue weighted by Crippen LogP contribution is 1.99. The number of rotatable bonds is 8. The van der Waals surface area contributed by atoms with Gasteiger partial charge in [-0.2, -0.15) is 0 Å². The maximum atomic E-state index is 5.44. The average Bonchev–Trinajstić information content (AvgIpc) is 2.68. The second-order valence-corrected chi connectivity index (χ2v) is 4.29. The smallest absolute Gasteiger partial charge is 0.0795 e. The van der Waals surface area contributed by atoms with Crippen LogP contribution in [0.2, 0.25) is 0 Å². The van der Waals surface area contributed by atoms with Gasteiger partial charge in [0.15, 0.2) is 0 Å². The molecule has 1 aromatic rings. The fraction of sp³-hybridized carbons (Fsp3) is 0.700. The Balaban J connectivity index is 1.85. The van der Waals surface area contributed by atoms with Crippen LogP contribution in [0.25, 0.3) is 0 Å². The molecule has 1 aromatic heterocycles. The van der Waals surface area contributed by atoms with Crippen molar-refractivity contribution in [2.75, 3.05) is 40.4 Å². The summed E-state index contributed by atoms with van der Waals surface area (Å²) in [4.78, 5) is 6.30. The summed E-state index contributed by atoms with van der Waals surface area (Å²) in [7, 11) is 4.09. The van der Waals surface area contributed by atoms with Crippen LogP contribution >= 0.6 is 11.3 Å². The van der Waals surface area contributed by atoms with Crippen molar-refractivity contribution >= 4 is 11.3 Å². The Hall–Kier alpha value is -0.490. The van der Waals surface area contributed by atoms with Crippen LogP contribution in [0.15, 0.2) is 10.9 Å². The monoisotopic (exact) mass is 229 g/mol. The van der Waals surface area contributed by atoms with Gasteiger partial charge in [-0.1, -0.05) is 0 Å². The molecule has 0 spiro atoms.